The van der Waals surface area contributed by atoms with Gasteiger partial charge in [0.15, 0.2) is 0 Å². The van der Waals surface area contributed by atoms with E-state index >= 15 is 0 Å². The molecule has 0 saturated heterocycles. The lowest BCUT2D eigenvalue weighted by Crippen LogP contribution is -2.32. The van der Waals surface area contributed by atoms with Crippen LogP contribution in [0.25, 0.3) is 11.1 Å². The molecule has 0 unspecified atom stereocenters. The summed E-state index contributed by atoms with van der Waals surface area (Å²) in [6.45, 7) is 2.20. The average Bonchev–Trinajstić information content (AvgIpc) is 2.46. The number of aryl methyl sites for hydroxylation is 1. The summed E-state index contributed by atoms with van der Waals surface area (Å²) >= 11 is 0. The zero-order valence-corrected chi connectivity index (χ0v) is 12.6. The number of alkyl halides is 3. The lowest BCUT2D eigenvalue weighted by atomic mass is 9.89. The first-order valence-electron chi connectivity index (χ1n) is 7.22. The number of rotatable bonds is 2. The minimum Gasteiger partial charge on any atom is -0.406 e. The molecule has 1 heterocycles. The first-order valence-corrected chi connectivity index (χ1v) is 7.22. The van der Waals surface area contributed by atoms with Crippen molar-refractivity contribution in [1.29, 1.82) is 0 Å². The number of ether oxygens (including phenoxy) is 1. The predicted molar refractivity (Wildman–Crippen MR) is 79.3 cm³/mol. The largest absolute Gasteiger partial charge is 0.573 e. The molecule has 3 nitrogen and oxygen atoms in total. The zero-order chi connectivity index (χ0) is 17.5. The standard InChI is InChI=1S/C17H13F4NO2/c1-9-6-13(11-4-5-22-16(23)14(11)7-9)12-3-2-10(8-15(12)18)24-17(19,20)21/h2-3,6-8H,4-5H2,1H3,(H,22,23). The Morgan fingerprint density at radius 1 is 1.08 bits per heavy atom. The Bertz CT molecular complexity index is 815. The van der Waals surface area contributed by atoms with Gasteiger partial charge in [-0.3, -0.25) is 4.79 Å². The predicted octanol–water partition coefficient (Wildman–Crippen LogP) is 3.99. The summed E-state index contributed by atoms with van der Waals surface area (Å²) in [5.74, 6) is -1.70. The average molecular weight is 339 g/mol. The molecule has 0 spiro atoms. The van der Waals surface area contributed by atoms with E-state index in [-0.39, 0.29) is 11.5 Å². The molecular weight excluding hydrogens is 326 g/mol. The van der Waals surface area contributed by atoms with Gasteiger partial charge in [-0.25, -0.2) is 4.39 Å². The normalized spacial score (nSPS) is 14.1. The third-order valence-electron chi connectivity index (χ3n) is 3.76. The van der Waals surface area contributed by atoms with E-state index in [2.05, 4.69) is 10.1 Å². The number of fused-ring (bicyclic) bond motifs is 1. The molecule has 2 aromatic rings. The summed E-state index contributed by atoms with van der Waals surface area (Å²) in [6, 6.07) is 6.43. The number of amides is 1. The molecule has 0 atom stereocenters. The van der Waals surface area contributed by atoms with Crippen molar-refractivity contribution >= 4 is 5.91 Å². The summed E-state index contributed by atoms with van der Waals surface area (Å²) in [5.41, 5.74) is 2.56. The Kier molecular flexibility index (Phi) is 3.95. The van der Waals surface area contributed by atoms with Gasteiger partial charge < -0.3 is 10.1 Å². The number of hydrogen-bond donors (Lipinski definition) is 1. The highest BCUT2D eigenvalue weighted by molar-refractivity contribution is 5.99. The Morgan fingerprint density at radius 3 is 2.46 bits per heavy atom. The molecule has 126 valence electrons. The Hall–Kier alpha value is -2.57. The van der Waals surface area contributed by atoms with Gasteiger partial charge in [0.2, 0.25) is 0 Å². The fourth-order valence-electron chi connectivity index (χ4n) is 2.84. The maximum atomic E-state index is 14.4. The third-order valence-corrected chi connectivity index (χ3v) is 3.76. The van der Waals surface area contributed by atoms with Crippen molar-refractivity contribution in [2.75, 3.05) is 6.54 Å². The van der Waals surface area contributed by atoms with Crippen LogP contribution in [0.3, 0.4) is 0 Å². The molecule has 3 rings (SSSR count). The maximum absolute atomic E-state index is 14.4. The van der Waals surface area contributed by atoms with Crippen molar-refractivity contribution in [3.63, 3.8) is 0 Å². The van der Waals surface area contributed by atoms with Gasteiger partial charge in [0.25, 0.3) is 5.91 Å². The zero-order valence-electron chi connectivity index (χ0n) is 12.6. The third kappa shape index (κ3) is 3.20. The van der Waals surface area contributed by atoms with Gasteiger partial charge in [0.05, 0.1) is 0 Å². The quantitative estimate of drug-likeness (QED) is 0.841. The smallest absolute Gasteiger partial charge is 0.406 e. The molecule has 0 bridgehead atoms. The van der Waals surface area contributed by atoms with Crippen LogP contribution < -0.4 is 10.1 Å². The monoisotopic (exact) mass is 339 g/mol. The number of carbonyl (C=O) groups is 1. The van der Waals surface area contributed by atoms with Gasteiger partial charge in [-0.05, 0) is 48.2 Å². The number of carbonyl (C=O) groups excluding carboxylic acids is 1. The van der Waals surface area contributed by atoms with Gasteiger partial charge in [0, 0.05) is 23.7 Å². The minimum absolute atomic E-state index is 0.138. The van der Waals surface area contributed by atoms with Crippen LogP contribution in [0.2, 0.25) is 0 Å². The molecule has 1 aliphatic rings. The topological polar surface area (TPSA) is 38.3 Å². The van der Waals surface area contributed by atoms with Crippen LogP contribution in [0.15, 0.2) is 30.3 Å². The number of halogens is 4. The molecule has 0 saturated carbocycles. The first-order chi connectivity index (χ1) is 11.2. The van der Waals surface area contributed by atoms with E-state index in [0.29, 0.717) is 35.7 Å². The molecule has 0 fully saturated rings. The summed E-state index contributed by atoms with van der Waals surface area (Å²) < 4.78 is 54.8. The lowest BCUT2D eigenvalue weighted by molar-refractivity contribution is -0.274. The van der Waals surface area contributed by atoms with Gasteiger partial charge >= 0.3 is 6.36 Å². The summed E-state index contributed by atoms with van der Waals surface area (Å²) in [4.78, 5) is 12.0. The van der Waals surface area contributed by atoms with E-state index in [1.165, 1.54) is 6.07 Å². The van der Waals surface area contributed by atoms with Crippen LogP contribution in [0.4, 0.5) is 17.6 Å². The van der Waals surface area contributed by atoms with E-state index in [9.17, 15) is 22.4 Å². The van der Waals surface area contributed by atoms with Crippen molar-refractivity contribution in [3.05, 3.63) is 52.8 Å². The molecule has 1 amide bonds. The van der Waals surface area contributed by atoms with E-state index in [4.69, 9.17) is 0 Å². The van der Waals surface area contributed by atoms with Gasteiger partial charge in [-0.15, -0.1) is 13.2 Å². The van der Waals surface area contributed by atoms with Crippen molar-refractivity contribution in [3.8, 4) is 16.9 Å². The summed E-state index contributed by atoms with van der Waals surface area (Å²) in [6.07, 6.45) is -4.36. The van der Waals surface area contributed by atoms with Crippen molar-refractivity contribution < 1.29 is 27.1 Å². The van der Waals surface area contributed by atoms with Gasteiger partial charge in [0.1, 0.15) is 11.6 Å². The highest BCUT2D eigenvalue weighted by Crippen LogP contribution is 2.34. The van der Waals surface area contributed by atoms with Crippen molar-refractivity contribution in [2.45, 2.75) is 19.7 Å². The Morgan fingerprint density at radius 2 is 1.79 bits per heavy atom. The molecule has 0 radical (unpaired) electrons. The van der Waals surface area contributed by atoms with Crippen LogP contribution in [0.5, 0.6) is 5.75 Å². The van der Waals surface area contributed by atoms with Crippen LogP contribution in [-0.4, -0.2) is 18.8 Å². The molecule has 1 aliphatic heterocycles. The molecule has 1 N–H and O–H groups in total. The van der Waals surface area contributed by atoms with E-state index in [1.54, 1.807) is 19.1 Å². The SMILES string of the molecule is Cc1cc2c(c(-c3ccc(OC(F)(F)F)cc3F)c1)CCNC2=O. The molecule has 2 aromatic carbocycles. The fourth-order valence-corrected chi connectivity index (χ4v) is 2.84. The second kappa shape index (κ2) is 5.81. The molecular formula is C17H13F4NO2. The summed E-state index contributed by atoms with van der Waals surface area (Å²) in [5, 5.41) is 2.72. The Balaban J connectivity index is 2.08. The van der Waals surface area contributed by atoms with Crippen molar-refractivity contribution in [2.24, 2.45) is 0 Å². The number of benzene rings is 2. The van der Waals surface area contributed by atoms with E-state index in [0.717, 1.165) is 11.6 Å². The second-order valence-electron chi connectivity index (χ2n) is 5.53. The van der Waals surface area contributed by atoms with E-state index < -0.39 is 17.9 Å². The highest BCUT2D eigenvalue weighted by Gasteiger charge is 2.31. The van der Waals surface area contributed by atoms with E-state index in [1.807, 2.05) is 0 Å². The molecule has 24 heavy (non-hydrogen) atoms. The van der Waals surface area contributed by atoms with Crippen LogP contribution in [-0.2, 0) is 6.42 Å². The molecule has 7 heteroatoms. The molecule has 0 aliphatic carbocycles. The van der Waals surface area contributed by atoms with Gasteiger partial charge in [-0.2, -0.15) is 0 Å². The van der Waals surface area contributed by atoms with Crippen LogP contribution in [0, 0.1) is 12.7 Å². The molecule has 0 aromatic heterocycles. The van der Waals surface area contributed by atoms with Gasteiger partial charge in [-0.1, -0.05) is 6.07 Å². The lowest BCUT2D eigenvalue weighted by Gasteiger charge is -2.21. The number of nitrogens with one attached hydrogen (secondary N) is 1. The van der Waals surface area contributed by atoms with Crippen LogP contribution in [0.1, 0.15) is 21.5 Å². The second-order valence-corrected chi connectivity index (χ2v) is 5.53. The Labute approximate surface area is 135 Å². The fraction of sp³-hybridized carbons (Fsp3) is 0.235. The van der Waals surface area contributed by atoms with Crippen molar-refractivity contribution in [1.82, 2.24) is 5.32 Å². The highest BCUT2D eigenvalue weighted by atomic mass is 19.4. The number of hydrogen-bond acceptors (Lipinski definition) is 2. The first kappa shape index (κ1) is 16.3. The summed E-state index contributed by atoms with van der Waals surface area (Å²) in [7, 11) is 0. The van der Waals surface area contributed by atoms with Crippen LogP contribution >= 0.6 is 0 Å². The minimum atomic E-state index is -4.88. The maximum Gasteiger partial charge on any atom is 0.573 e.